The molecule has 0 amide bonds. The quantitative estimate of drug-likeness (QED) is 0.390. The van der Waals surface area contributed by atoms with E-state index in [4.69, 9.17) is 4.74 Å². The SMILES string of the molecule is C=CC(=O)OCCOc1ccncn1. The molecule has 0 spiro atoms. The lowest BCUT2D eigenvalue weighted by molar-refractivity contribution is -0.138. The van der Waals surface area contributed by atoms with Crippen LogP contribution in [0.1, 0.15) is 0 Å². The Kier molecular flexibility index (Phi) is 4.13. The molecular weight excluding hydrogens is 184 g/mol. The number of nitrogens with zero attached hydrogens (tertiary/aromatic N) is 2. The maximum Gasteiger partial charge on any atom is 0.330 e. The summed E-state index contributed by atoms with van der Waals surface area (Å²) in [5.74, 6) is -0.00839. The van der Waals surface area contributed by atoms with Crippen molar-refractivity contribution in [2.45, 2.75) is 0 Å². The van der Waals surface area contributed by atoms with E-state index in [-0.39, 0.29) is 13.2 Å². The van der Waals surface area contributed by atoms with Gasteiger partial charge >= 0.3 is 5.97 Å². The van der Waals surface area contributed by atoms with Crippen molar-refractivity contribution in [3.8, 4) is 5.88 Å². The van der Waals surface area contributed by atoms with Crippen molar-refractivity contribution in [2.75, 3.05) is 13.2 Å². The standard InChI is InChI=1S/C9H10N2O3/c1-2-9(12)14-6-5-13-8-3-4-10-7-11-8/h2-4,7H,1,5-6H2. The van der Waals surface area contributed by atoms with E-state index in [1.54, 1.807) is 12.3 Å². The van der Waals surface area contributed by atoms with E-state index in [1.165, 1.54) is 6.33 Å². The summed E-state index contributed by atoms with van der Waals surface area (Å²) in [6, 6.07) is 1.62. The van der Waals surface area contributed by atoms with Crippen molar-refractivity contribution in [3.63, 3.8) is 0 Å². The summed E-state index contributed by atoms with van der Waals surface area (Å²) >= 11 is 0. The van der Waals surface area contributed by atoms with Crippen LogP contribution in [0.3, 0.4) is 0 Å². The van der Waals surface area contributed by atoms with E-state index in [9.17, 15) is 4.79 Å². The molecule has 0 radical (unpaired) electrons. The van der Waals surface area contributed by atoms with Crippen LogP contribution in [0.25, 0.3) is 0 Å². The van der Waals surface area contributed by atoms with E-state index in [2.05, 4.69) is 21.3 Å². The minimum atomic E-state index is -0.462. The second-order valence-electron chi connectivity index (χ2n) is 2.27. The molecule has 5 heteroatoms. The predicted octanol–water partition coefficient (Wildman–Crippen LogP) is 0.585. The molecule has 0 atom stereocenters. The second kappa shape index (κ2) is 5.69. The van der Waals surface area contributed by atoms with Gasteiger partial charge in [0.25, 0.3) is 0 Å². The van der Waals surface area contributed by atoms with Crippen LogP contribution >= 0.6 is 0 Å². The molecule has 0 fully saturated rings. The number of hydrogen-bond donors (Lipinski definition) is 0. The smallest absolute Gasteiger partial charge is 0.330 e. The fraction of sp³-hybridized carbons (Fsp3) is 0.222. The maximum absolute atomic E-state index is 10.6. The first-order valence-electron chi connectivity index (χ1n) is 4.01. The average Bonchev–Trinajstić information content (AvgIpc) is 2.25. The van der Waals surface area contributed by atoms with Gasteiger partial charge in [-0.25, -0.2) is 14.8 Å². The molecule has 0 N–H and O–H groups in total. The summed E-state index contributed by atoms with van der Waals surface area (Å²) in [5, 5.41) is 0. The first kappa shape index (κ1) is 10.2. The van der Waals surface area contributed by atoms with Gasteiger partial charge in [0.1, 0.15) is 19.5 Å². The van der Waals surface area contributed by atoms with Gasteiger partial charge in [-0.05, 0) is 0 Å². The minimum absolute atomic E-state index is 0.175. The Morgan fingerprint density at radius 2 is 2.43 bits per heavy atom. The van der Waals surface area contributed by atoms with E-state index < -0.39 is 5.97 Å². The molecule has 74 valence electrons. The van der Waals surface area contributed by atoms with E-state index >= 15 is 0 Å². The fourth-order valence-electron chi connectivity index (χ4n) is 0.711. The lowest BCUT2D eigenvalue weighted by Crippen LogP contribution is -2.10. The number of aromatic nitrogens is 2. The molecule has 1 heterocycles. The molecule has 0 saturated heterocycles. The lowest BCUT2D eigenvalue weighted by atomic mass is 10.6. The van der Waals surface area contributed by atoms with Gasteiger partial charge in [-0.3, -0.25) is 0 Å². The third-order valence-corrected chi connectivity index (χ3v) is 1.30. The van der Waals surface area contributed by atoms with Gasteiger partial charge < -0.3 is 9.47 Å². The van der Waals surface area contributed by atoms with Gasteiger partial charge in [0.05, 0.1) is 0 Å². The van der Waals surface area contributed by atoms with Crippen molar-refractivity contribution in [2.24, 2.45) is 0 Å². The molecule has 5 nitrogen and oxygen atoms in total. The molecule has 0 aliphatic heterocycles. The Balaban J connectivity index is 2.16. The van der Waals surface area contributed by atoms with Gasteiger partial charge in [-0.2, -0.15) is 0 Å². The predicted molar refractivity (Wildman–Crippen MR) is 48.7 cm³/mol. The number of ether oxygens (including phenoxy) is 2. The van der Waals surface area contributed by atoms with Gasteiger partial charge in [-0.15, -0.1) is 0 Å². The average molecular weight is 194 g/mol. The van der Waals surface area contributed by atoms with E-state index in [0.29, 0.717) is 5.88 Å². The molecule has 0 aliphatic rings. The second-order valence-corrected chi connectivity index (χ2v) is 2.27. The Morgan fingerprint density at radius 3 is 3.07 bits per heavy atom. The van der Waals surface area contributed by atoms with Crippen molar-refractivity contribution < 1.29 is 14.3 Å². The highest BCUT2D eigenvalue weighted by molar-refractivity contribution is 5.81. The highest BCUT2D eigenvalue weighted by atomic mass is 16.6. The molecule has 0 saturated carbocycles. The van der Waals surface area contributed by atoms with Crippen LogP contribution in [0.4, 0.5) is 0 Å². The summed E-state index contributed by atoms with van der Waals surface area (Å²) in [4.78, 5) is 18.1. The molecule has 1 aromatic heterocycles. The zero-order chi connectivity index (χ0) is 10.2. The van der Waals surface area contributed by atoms with E-state index in [1.807, 2.05) is 0 Å². The molecule has 1 rings (SSSR count). The molecule has 0 bridgehead atoms. The Morgan fingerprint density at radius 1 is 1.57 bits per heavy atom. The molecule has 1 aromatic rings. The van der Waals surface area contributed by atoms with Crippen LogP contribution in [0.15, 0.2) is 31.2 Å². The van der Waals surface area contributed by atoms with Crippen LogP contribution in [0.2, 0.25) is 0 Å². The number of hydrogen-bond acceptors (Lipinski definition) is 5. The maximum atomic E-state index is 10.6. The highest BCUT2D eigenvalue weighted by Gasteiger charge is 1.96. The van der Waals surface area contributed by atoms with Crippen molar-refractivity contribution in [1.82, 2.24) is 9.97 Å². The number of rotatable bonds is 5. The van der Waals surface area contributed by atoms with Crippen LogP contribution in [-0.2, 0) is 9.53 Å². The summed E-state index contributed by atoms with van der Waals surface area (Å²) in [5.41, 5.74) is 0. The lowest BCUT2D eigenvalue weighted by Gasteiger charge is -2.03. The minimum Gasteiger partial charge on any atom is -0.474 e. The van der Waals surface area contributed by atoms with Gasteiger partial charge in [0, 0.05) is 18.3 Å². The summed E-state index contributed by atoms with van der Waals surface area (Å²) in [6.07, 6.45) is 4.05. The zero-order valence-electron chi connectivity index (χ0n) is 7.55. The third kappa shape index (κ3) is 3.66. The number of carbonyl (C=O) groups excluding carboxylic acids is 1. The largest absolute Gasteiger partial charge is 0.474 e. The van der Waals surface area contributed by atoms with Crippen LogP contribution in [0, 0.1) is 0 Å². The van der Waals surface area contributed by atoms with Gasteiger partial charge in [0.15, 0.2) is 0 Å². The first-order chi connectivity index (χ1) is 6.83. The monoisotopic (exact) mass is 194 g/mol. The molecular formula is C9H10N2O3. The van der Waals surface area contributed by atoms with Crippen LogP contribution < -0.4 is 4.74 Å². The molecule has 0 aliphatic carbocycles. The van der Waals surface area contributed by atoms with Crippen molar-refractivity contribution in [3.05, 3.63) is 31.2 Å². The Hall–Kier alpha value is -1.91. The molecule has 0 aromatic carbocycles. The van der Waals surface area contributed by atoms with E-state index in [0.717, 1.165) is 6.08 Å². The van der Waals surface area contributed by atoms with Crippen LogP contribution in [0.5, 0.6) is 5.88 Å². The number of esters is 1. The zero-order valence-corrected chi connectivity index (χ0v) is 7.55. The third-order valence-electron chi connectivity index (χ3n) is 1.30. The fourth-order valence-corrected chi connectivity index (χ4v) is 0.711. The normalized spacial score (nSPS) is 9.14. The Bertz CT molecular complexity index is 300. The topological polar surface area (TPSA) is 61.3 Å². The van der Waals surface area contributed by atoms with Crippen LogP contribution in [-0.4, -0.2) is 29.2 Å². The summed E-state index contributed by atoms with van der Waals surface area (Å²) in [7, 11) is 0. The van der Waals surface area contributed by atoms with Crippen molar-refractivity contribution in [1.29, 1.82) is 0 Å². The first-order valence-corrected chi connectivity index (χ1v) is 4.01. The summed E-state index contributed by atoms with van der Waals surface area (Å²) < 4.78 is 9.83. The Labute approximate surface area is 81.4 Å². The number of carbonyl (C=O) groups is 1. The summed E-state index contributed by atoms with van der Waals surface area (Å²) in [6.45, 7) is 3.70. The van der Waals surface area contributed by atoms with Gasteiger partial charge in [-0.1, -0.05) is 6.58 Å². The molecule has 0 unspecified atom stereocenters. The van der Waals surface area contributed by atoms with Gasteiger partial charge in [0.2, 0.25) is 5.88 Å². The molecule has 14 heavy (non-hydrogen) atoms. The highest BCUT2D eigenvalue weighted by Crippen LogP contribution is 2.00. The van der Waals surface area contributed by atoms with Crippen molar-refractivity contribution >= 4 is 5.97 Å².